The van der Waals surface area contributed by atoms with Gasteiger partial charge in [0.1, 0.15) is 0 Å². The lowest BCUT2D eigenvalue weighted by Gasteiger charge is -2.06. The molecular weight excluding hydrogens is 283 g/mol. The summed E-state index contributed by atoms with van der Waals surface area (Å²) in [7, 11) is 0. The van der Waals surface area contributed by atoms with Crippen molar-refractivity contribution in [3.63, 3.8) is 0 Å². The van der Waals surface area contributed by atoms with E-state index in [1.54, 1.807) is 36.4 Å². The van der Waals surface area contributed by atoms with Crippen LogP contribution in [-0.2, 0) is 6.54 Å². The van der Waals surface area contributed by atoms with E-state index in [1.807, 2.05) is 12.1 Å². The van der Waals surface area contributed by atoms with Crippen LogP contribution in [0, 0.1) is 0 Å². The molecule has 0 bridgehead atoms. The summed E-state index contributed by atoms with van der Waals surface area (Å²) in [6, 6.07) is 14.2. The zero-order valence-corrected chi connectivity index (χ0v) is 11.7. The van der Waals surface area contributed by atoms with Crippen molar-refractivity contribution < 1.29 is 4.79 Å². The van der Waals surface area contributed by atoms with E-state index in [1.165, 1.54) is 0 Å². The standard InChI is InChI=1S/C14H13ClN2O.ClH/c15-12-2-1-3-13(8-12)17-14(18)11-6-4-10(9-16)5-7-11;/h1-8H,9,16H2,(H,17,18);1H. The van der Waals surface area contributed by atoms with Crippen LogP contribution in [0.5, 0.6) is 0 Å². The number of hydrogen-bond acceptors (Lipinski definition) is 2. The first-order valence-corrected chi connectivity index (χ1v) is 5.93. The molecule has 0 radical (unpaired) electrons. The number of amides is 1. The van der Waals surface area contributed by atoms with Crippen molar-refractivity contribution in [2.75, 3.05) is 5.32 Å². The Morgan fingerprint density at radius 3 is 2.42 bits per heavy atom. The molecule has 0 spiro atoms. The molecule has 19 heavy (non-hydrogen) atoms. The van der Waals surface area contributed by atoms with Crippen LogP contribution in [0.3, 0.4) is 0 Å². The fraction of sp³-hybridized carbons (Fsp3) is 0.0714. The molecule has 0 aromatic heterocycles. The van der Waals surface area contributed by atoms with E-state index in [2.05, 4.69) is 5.32 Å². The average Bonchev–Trinajstić information content (AvgIpc) is 2.39. The fourth-order valence-electron chi connectivity index (χ4n) is 1.56. The normalized spacial score (nSPS) is 9.58. The Bertz CT molecular complexity index is 556. The van der Waals surface area contributed by atoms with Gasteiger partial charge >= 0.3 is 0 Å². The molecule has 5 heteroatoms. The largest absolute Gasteiger partial charge is 0.326 e. The van der Waals surface area contributed by atoms with Crippen molar-refractivity contribution in [3.8, 4) is 0 Å². The van der Waals surface area contributed by atoms with Gasteiger partial charge in [0.05, 0.1) is 0 Å². The van der Waals surface area contributed by atoms with E-state index in [9.17, 15) is 4.79 Å². The molecule has 1 amide bonds. The summed E-state index contributed by atoms with van der Waals surface area (Å²) in [5.74, 6) is -0.166. The van der Waals surface area contributed by atoms with Crippen LogP contribution < -0.4 is 11.1 Å². The first-order chi connectivity index (χ1) is 8.69. The summed E-state index contributed by atoms with van der Waals surface area (Å²) in [6.45, 7) is 0.468. The predicted octanol–water partition coefficient (Wildman–Crippen LogP) is 3.47. The van der Waals surface area contributed by atoms with Crippen molar-refractivity contribution in [2.24, 2.45) is 5.73 Å². The number of benzene rings is 2. The quantitative estimate of drug-likeness (QED) is 0.911. The Morgan fingerprint density at radius 1 is 1.16 bits per heavy atom. The van der Waals surface area contributed by atoms with E-state index in [0.29, 0.717) is 22.8 Å². The minimum atomic E-state index is -0.166. The molecule has 2 rings (SSSR count). The lowest BCUT2D eigenvalue weighted by atomic mass is 10.1. The highest BCUT2D eigenvalue weighted by molar-refractivity contribution is 6.30. The van der Waals surface area contributed by atoms with Crippen molar-refractivity contribution in [1.82, 2.24) is 0 Å². The third-order valence-electron chi connectivity index (χ3n) is 2.53. The maximum absolute atomic E-state index is 11.9. The highest BCUT2D eigenvalue weighted by atomic mass is 35.5. The van der Waals surface area contributed by atoms with Gasteiger partial charge in [0.15, 0.2) is 0 Å². The smallest absolute Gasteiger partial charge is 0.255 e. The number of carbonyl (C=O) groups is 1. The highest BCUT2D eigenvalue weighted by Gasteiger charge is 2.05. The second kappa shape index (κ2) is 7.14. The van der Waals surface area contributed by atoms with Crippen molar-refractivity contribution in [2.45, 2.75) is 6.54 Å². The van der Waals surface area contributed by atoms with Gasteiger partial charge in [0.2, 0.25) is 0 Å². The molecule has 3 N–H and O–H groups in total. The van der Waals surface area contributed by atoms with E-state index >= 15 is 0 Å². The van der Waals surface area contributed by atoms with Gasteiger partial charge in [-0.1, -0.05) is 29.8 Å². The maximum Gasteiger partial charge on any atom is 0.255 e. The molecule has 2 aromatic carbocycles. The Morgan fingerprint density at radius 2 is 1.84 bits per heavy atom. The monoisotopic (exact) mass is 296 g/mol. The molecule has 0 unspecified atom stereocenters. The van der Waals surface area contributed by atoms with Crippen molar-refractivity contribution >= 4 is 35.6 Å². The summed E-state index contributed by atoms with van der Waals surface area (Å²) in [5, 5.41) is 3.37. The lowest BCUT2D eigenvalue weighted by molar-refractivity contribution is 0.102. The van der Waals surface area contributed by atoms with Gasteiger partial charge in [-0.3, -0.25) is 4.79 Å². The van der Waals surface area contributed by atoms with Crippen molar-refractivity contribution in [1.29, 1.82) is 0 Å². The summed E-state index contributed by atoms with van der Waals surface area (Å²) in [6.07, 6.45) is 0. The number of hydrogen-bond donors (Lipinski definition) is 2. The summed E-state index contributed by atoms with van der Waals surface area (Å²) in [4.78, 5) is 11.9. The minimum absolute atomic E-state index is 0. The number of rotatable bonds is 3. The van der Waals surface area contributed by atoms with Gasteiger partial charge in [-0.2, -0.15) is 0 Å². The van der Waals surface area contributed by atoms with E-state index < -0.39 is 0 Å². The van der Waals surface area contributed by atoms with Crippen LogP contribution in [0.15, 0.2) is 48.5 Å². The number of halogens is 2. The number of nitrogens with one attached hydrogen (secondary N) is 1. The molecular formula is C14H14Cl2N2O. The van der Waals surface area contributed by atoms with Gasteiger partial charge in [0.25, 0.3) is 5.91 Å². The highest BCUT2D eigenvalue weighted by Crippen LogP contribution is 2.16. The first kappa shape index (κ1) is 15.5. The van der Waals surface area contributed by atoms with E-state index in [4.69, 9.17) is 17.3 Å². The predicted molar refractivity (Wildman–Crippen MR) is 81.0 cm³/mol. The topological polar surface area (TPSA) is 55.1 Å². The van der Waals surface area contributed by atoms with Crippen molar-refractivity contribution in [3.05, 3.63) is 64.7 Å². The molecule has 3 nitrogen and oxygen atoms in total. The second-order valence-electron chi connectivity index (χ2n) is 3.87. The van der Waals surface area contributed by atoms with Crippen LogP contribution >= 0.6 is 24.0 Å². The van der Waals surface area contributed by atoms with Gasteiger partial charge < -0.3 is 11.1 Å². The SMILES string of the molecule is Cl.NCc1ccc(C(=O)Nc2cccc(Cl)c2)cc1. The first-order valence-electron chi connectivity index (χ1n) is 5.55. The van der Waals surface area contributed by atoms with Gasteiger partial charge in [-0.15, -0.1) is 12.4 Å². The average molecular weight is 297 g/mol. The fourth-order valence-corrected chi connectivity index (χ4v) is 1.75. The van der Waals surface area contributed by atoms with Gasteiger partial charge in [0, 0.05) is 22.8 Å². The molecule has 0 fully saturated rings. The number of carbonyl (C=O) groups excluding carboxylic acids is 1. The van der Waals surface area contributed by atoms with Gasteiger partial charge in [-0.05, 0) is 35.9 Å². The number of anilines is 1. The Balaban J connectivity index is 0.00000180. The molecule has 0 aliphatic carbocycles. The minimum Gasteiger partial charge on any atom is -0.326 e. The van der Waals surface area contributed by atoms with Gasteiger partial charge in [-0.25, -0.2) is 0 Å². The lowest BCUT2D eigenvalue weighted by Crippen LogP contribution is -2.11. The van der Waals surface area contributed by atoms with Crippen LogP contribution in [0.25, 0.3) is 0 Å². The zero-order valence-electron chi connectivity index (χ0n) is 10.1. The van der Waals surface area contributed by atoms with Crippen LogP contribution in [0.1, 0.15) is 15.9 Å². The zero-order chi connectivity index (χ0) is 13.0. The third-order valence-corrected chi connectivity index (χ3v) is 2.77. The molecule has 0 atom stereocenters. The molecule has 0 saturated carbocycles. The molecule has 2 aromatic rings. The van der Waals surface area contributed by atoms with Crippen LogP contribution in [0.4, 0.5) is 5.69 Å². The Labute approximate surface area is 123 Å². The maximum atomic E-state index is 11.9. The molecule has 0 aliphatic heterocycles. The Hall–Kier alpha value is -1.55. The molecule has 100 valence electrons. The summed E-state index contributed by atoms with van der Waals surface area (Å²) in [5.41, 5.74) is 7.76. The molecule has 0 saturated heterocycles. The Kier molecular flexibility index (Phi) is 5.83. The second-order valence-corrected chi connectivity index (χ2v) is 4.30. The van der Waals surface area contributed by atoms with E-state index in [-0.39, 0.29) is 18.3 Å². The molecule has 0 heterocycles. The molecule has 0 aliphatic rings. The van der Waals surface area contributed by atoms with Crippen LogP contribution in [-0.4, -0.2) is 5.91 Å². The summed E-state index contributed by atoms with van der Waals surface area (Å²) >= 11 is 5.85. The number of nitrogens with two attached hydrogens (primary N) is 1. The van der Waals surface area contributed by atoms with E-state index in [0.717, 1.165) is 5.56 Å². The summed E-state index contributed by atoms with van der Waals surface area (Å²) < 4.78 is 0. The van der Waals surface area contributed by atoms with Crippen LogP contribution in [0.2, 0.25) is 5.02 Å². The third kappa shape index (κ3) is 4.24.